The summed E-state index contributed by atoms with van der Waals surface area (Å²) in [7, 11) is 0. The van der Waals surface area contributed by atoms with E-state index in [1.807, 2.05) is 0 Å². The van der Waals surface area contributed by atoms with Crippen molar-refractivity contribution in [2.75, 3.05) is 5.32 Å². The first-order chi connectivity index (χ1) is 14.9. The molecule has 5 rings (SSSR count). The van der Waals surface area contributed by atoms with Crippen molar-refractivity contribution in [3.8, 4) is 0 Å². The molecule has 31 heavy (non-hydrogen) atoms. The molecular weight excluding hydrogens is 390 g/mol. The van der Waals surface area contributed by atoms with Crippen LogP contribution in [0, 0.1) is 34.5 Å². The van der Waals surface area contributed by atoms with Crippen molar-refractivity contribution in [3.05, 3.63) is 24.5 Å². The van der Waals surface area contributed by atoms with E-state index in [2.05, 4.69) is 45.7 Å². The van der Waals surface area contributed by atoms with Gasteiger partial charge in [-0.05, 0) is 80.1 Å². The van der Waals surface area contributed by atoms with Gasteiger partial charge in [-0.2, -0.15) is 5.10 Å². The molecule has 1 aromatic heterocycles. The standard InChI is InChI=1S/C24H33N5O2/c1-23-11-9-18-16(5-7-19-24(18,2)12-10-21(31)27-19)17(23)6-3-15(23)4-8-20(30)28-22-25-13-14-26-29-22/h10,12-19H,3-9,11H2,1-2H3,(H,27,31)(H,25,28,29,30)/t15-,16+,17+,18+,19?,23-,24-/m1/s1. The SMILES string of the molecule is C[C@]12CC[C@H]3[C@@H](CCC4NC(=O)C=C[C@@]43C)[C@@H]1CC[C@@H]2CCC(=O)Nc1nccnn1. The van der Waals surface area contributed by atoms with Crippen molar-refractivity contribution < 1.29 is 9.59 Å². The monoisotopic (exact) mass is 423 g/mol. The molecule has 166 valence electrons. The highest BCUT2D eigenvalue weighted by Gasteiger charge is 2.59. The maximum absolute atomic E-state index is 12.4. The van der Waals surface area contributed by atoms with Gasteiger partial charge in [0.05, 0.1) is 12.4 Å². The molecule has 7 atom stereocenters. The summed E-state index contributed by atoms with van der Waals surface area (Å²) in [5, 5.41) is 13.6. The lowest BCUT2D eigenvalue weighted by Gasteiger charge is -2.59. The van der Waals surface area contributed by atoms with E-state index in [1.165, 1.54) is 44.5 Å². The topological polar surface area (TPSA) is 96.9 Å². The maximum atomic E-state index is 12.4. The maximum Gasteiger partial charge on any atom is 0.249 e. The highest BCUT2D eigenvalue weighted by Crippen LogP contribution is 2.65. The summed E-state index contributed by atoms with van der Waals surface area (Å²) in [6.07, 6.45) is 15.7. The van der Waals surface area contributed by atoms with Crippen LogP contribution < -0.4 is 10.6 Å². The second-order valence-electron chi connectivity index (χ2n) is 10.6. The van der Waals surface area contributed by atoms with Crippen LogP contribution in [0.2, 0.25) is 0 Å². The lowest BCUT2D eigenvalue weighted by atomic mass is 9.48. The summed E-state index contributed by atoms with van der Waals surface area (Å²) in [5.74, 6) is 3.01. The van der Waals surface area contributed by atoms with Crippen molar-refractivity contribution in [1.29, 1.82) is 0 Å². The van der Waals surface area contributed by atoms with E-state index in [0.717, 1.165) is 24.7 Å². The zero-order valence-electron chi connectivity index (χ0n) is 18.5. The first-order valence-electron chi connectivity index (χ1n) is 11.8. The highest BCUT2D eigenvalue weighted by atomic mass is 16.2. The third kappa shape index (κ3) is 3.46. The van der Waals surface area contributed by atoms with E-state index in [1.54, 1.807) is 6.08 Å². The minimum Gasteiger partial charge on any atom is -0.349 e. The van der Waals surface area contributed by atoms with Crippen molar-refractivity contribution in [2.24, 2.45) is 34.5 Å². The Morgan fingerprint density at radius 1 is 1.16 bits per heavy atom. The number of aromatic nitrogens is 3. The molecule has 2 amide bonds. The van der Waals surface area contributed by atoms with Crippen LogP contribution in [0.3, 0.4) is 0 Å². The van der Waals surface area contributed by atoms with E-state index in [0.29, 0.717) is 23.7 Å². The lowest BCUT2D eigenvalue weighted by Crippen LogP contribution is -2.59. The van der Waals surface area contributed by atoms with Gasteiger partial charge in [0.25, 0.3) is 0 Å². The Morgan fingerprint density at radius 3 is 2.84 bits per heavy atom. The fraction of sp³-hybridized carbons (Fsp3) is 0.708. The van der Waals surface area contributed by atoms with Gasteiger partial charge in [0.1, 0.15) is 0 Å². The molecule has 1 aliphatic heterocycles. The third-order valence-electron chi connectivity index (χ3n) is 9.34. The fourth-order valence-corrected chi connectivity index (χ4v) is 7.71. The fourth-order valence-electron chi connectivity index (χ4n) is 7.71. The largest absolute Gasteiger partial charge is 0.349 e. The summed E-state index contributed by atoms with van der Waals surface area (Å²) in [4.78, 5) is 28.4. The number of nitrogens with zero attached hydrogens (tertiary/aromatic N) is 3. The average Bonchev–Trinajstić information content (AvgIpc) is 3.10. The Bertz CT molecular complexity index is 889. The molecule has 4 aliphatic rings. The van der Waals surface area contributed by atoms with E-state index in [-0.39, 0.29) is 29.2 Å². The lowest BCUT2D eigenvalue weighted by molar-refractivity contribution is -0.123. The van der Waals surface area contributed by atoms with Crippen LogP contribution in [0.5, 0.6) is 0 Å². The molecule has 7 nitrogen and oxygen atoms in total. The van der Waals surface area contributed by atoms with Gasteiger partial charge in [-0.15, -0.1) is 5.10 Å². The molecule has 1 aromatic rings. The van der Waals surface area contributed by atoms with Gasteiger partial charge in [-0.3, -0.25) is 14.9 Å². The summed E-state index contributed by atoms with van der Waals surface area (Å²) >= 11 is 0. The second-order valence-corrected chi connectivity index (χ2v) is 10.6. The first-order valence-corrected chi connectivity index (χ1v) is 11.8. The molecule has 7 heteroatoms. The van der Waals surface area contributed by atoms with E-state index in [4.69, 9.17) is 0 Å². The van der Waals surface area contributed by atoms with Gasteiger partial charge in [0.15, 0.2) is 0 Å². The molecular formula is C24H33N5O2. The smallest absolute Gasteiger partial charge is 0.249 e. The predicted octanol–water partition coefficient (Wildman–Crippen LogP) is 3.50. The number of rotatable bonds is 4. The van der Waals surface area contributed by atoms with Gasteiger partial charge in [-0.25, -0.2) is 4.98 Å². The number of carbonyl (C=O) groups is 2. The highest BCUT2D eigenvalue weighted by molar-refractivity contribution is 5.89. The van der Waals surface area contributed by atoms with E-state index < -0.39 is 0 Å². The number of anilines is 1. The number of hydrogen-bond acceptors (Lipinski definition) is 5. The zero-order chi connectivity index (χ0) is 21.6. The first kappa shape index (κ1) is 20.6. The molecule has 1 unspecified atom stereocenters. The molecule has 0 saturated heterocycles. The average molecular weight is 424 g/mol. The van der Waals surface area contributed by atoms with Crippen LogP contribution in [0.25, 0.3) is 0 Å². The molecule has 2 heterocycles. The summed E-state index contributed by atoms with van der Waals surface area (Å²) in [5.41, 5.74) is 0.400. The van der Waals surface area contributed by atoms with E-state index >= 15 is 0 Å². The Morgan fingerprint density at radius 2 is 2.03 bits per heavy atom. The van der Waals surface area contributed by atoms with Gasteiger partial charge in [0.2, 0.25) is 17.8 Å². The van der Waals surface area contributed by atoms with Crippen LogP contribution in [0.1, 0.15) is 65.2 Å². The molecule has 3 aliphatic carbocycles. The summed E-state index contributed by atoms with van der Waals surface area (Å²) in [6, 6.07) is 0.284. The molecule has 0 radical (unpaired) electrons. The van der Waals surface area contributed by atoms with Gasteiger partial charge in [0, 0.05) is 17.9 Å². The Balaban J connectivity index is 1.25. The van der Waals surface area contributed by atoms with Gasteiger partial charge < -0.3 is 5.32 Å². The van der Waals surface area contributed by atoms with Crippen LogP contribution in [-0.4, -0.2) is 33.0 Å². The number of nitrogens with one attached hydrogen (secondary N) is 2. The minimum atomic E-state index is -0.0233. The summed E-state index contributed by atoms with van der Waals surface area (Å²) < 4.78 is 0. The Labute approximate surface area is 183 Å². The van der Waals surface area contributed by atoms with E-state index in [9.17, 15) is 9.59 Å². The van der Waals surface area contributed by atoms with Crippen LogP contribution in [0.15, 0.2) is 24.5 Å². The zero-order valence-corrected chi connectivity index (χ0v) is 18.5. The Kier molecular flexibility index (Phi) is 5.10. The molecule has 3 saturated carbocycles. The number of amides is 2. The van der Waals surface area contributed by atoms with Crippen molar-refractivity contribution in [2.45, 2.75) is 71.3 Å². The molecule has 3 fully saturated rings. The Hall–Kier alpha value is -2.31. The predicted molar refractivity (Wildman–Crippen MR) is 117 cm³/mol. The quantitative estimate of drug-likeness (QED) is 0.772. The van der Waals surface area contributed by atoms with Crippen molar-refractivity contribution in [1.82, 2.24) is 20.5 Å². The number of carbonyl (C=O) groups excluding carboxylic acids is 2. The van der Waals surface area contributed by atoms with Crippen molar-refractivity contribution >= 4 is 17.8 Å². The van der Waals surface area contributed by atoms with Gasteiger partial charge >= 0.3 is 0 Å². The molecule has 0 spiro atoms. The third-order valence-corrected chi connectivity index (χ3v) is 9.34. The number of fused-ring (bicyclic) bond motifs is 5. The molecule has 2 N–H and O–H groups in total. The molecule has 0 bridgehead atoms. The van der Waals surface area contributed by atoms with Crippen LogP contribution in [-0.2, 0) is 9.59 Å². The van der Waals surface area contributed by atoms with Crippen LogP contribution in [0.4, 0.5) is 5.95 Å². The molecule has 0 aromatic carbocycles. The van der Waals surface area contributed by atoms with Crippen molar-refractivity contribution in [3.63, 3.8) is 0 Å². The normalized spacial score (nSPS) is 41.0. The second kappa shape index (κ2) is 7.68. The van der Waals surface area contributed by atoms with Crippen LogP contribution >= 0.6 is 0 Å². The minimum absolute atomic E-state index is 0.0233. The number of hydrogen-bond donors (Lipinski definition) is 2. The van der Waals surface area contributed by atoms with Gasteiger partial charge in [-0.1, -0.05) is 19.9 Å². The summed E-state index contributed by atoms with van der Waals surface area (Å²) in [6.45, 7) is 4.85.